The van der Waals surface area contributed by atoms with Crippen LogP contribution in [-0.4, -0.2) is 16.3 Å². The predicted octanol–water partition coefficient (Wildman–Crippen LogP) is 3.80. The van der Waals surface area contributed by atoms with E-state index >= 15 is 0 Å². The van der Waals surface area contributed by atoms with Crippen LogP contribution in [0.15, 0.2) is 65.4 Å². The number of aromatic nitrogens is 2. The number of nitrogens with two attached hydrogens (primary N) is 1. The number of hydrogen-bond acceptors (Lipinski definition) is 2. The number of rotatable bonds is 4. The normalized spacial score (nSPS) is 10.8. The molecule has 3 nitrogen and oxygen atoms in total. The van der Waals surface area contributed by atoms with Gasteiger partial charge in [-0.2, -0.15) is 5.10 Å². The van der Waals surface area contributed by atoms with Gasteiger partial charge in [-0.15, -0.1) is 0 Å². The highest BCUT2D eigenvalue weighted by atomic mass is 79.9. The molecule has 0 spiro atoms. The van der Waals surface area contributed by atoms with Crippen molar-refractivity contribution >= 4 is 15.9 Å². The number of benzene rings is 2. The highest BCUT2D eigenvalue weighted by molar-refractivity contribution is 9.10. The minimum Gasteiger partial charge on any atom is -0.330 e. The summed E-state index contributed by atoms with van der Waals surface area (Å²) in [6.45, 7) is 0.626. The fourth-order valence-corrected chi connectivity index (χ4v) is 2.70. The van der Waals surface area contributed by atoms with E-state index in [9.17, 15) is 0 Å². The van der Waals surface area contributed by atoms with Crippen molar-refractivity contribution in [1.82, 2.24) is 9.78 Å². The molecule has 0 amide bonds. The first-order valence-corrected chi connectivity index (χ1v) is 7.66. The van der Waals surface area contributed by atoms with Crippen LogP contribution in [0.4, 0.5) is 0 Å². The summed E-state index contributed by atoms with van der Waals surface area (Å²) >= 11 is 3.52. The Bertz CT molecular complexity index is 735. The van der Waals surface area contributed by atoms with E-state index in [2.05, 4.69) is 51.5 Å². The summed E-state index contributed by atoms with van der Waals surface area (Å²) < 4.78 is 2.95. The smallest absolute Gasteiger partial charge is 0.0689 e. The number of nitrogens with zero attached hydrogens (tertiary/aromatic N) is 2. The van der Waals surface area contributed by atoms with Gasteiger partial charge in [0.05, 0.1) is 11.9 Å². The van der Waals surface area contributed by atoms with E-state index in [1.54, 1.807) is 0 Å². The zero-order chi connectivity index (χ0) is 14.7. The molecule has 0 atom stereocenters. The van der Waals surface area contributed by atoms with Gasteiger partial charge in [0.1, 0.15) is 0 Å². The van der Waals surface area contributed by atoms with Crippen LogP contribution >= 0.6 is 15.9 Å². The molecule has 3 rings (SSSR count). The third-order valence-corrected chi connectivity index (χ3v) is 3.89. The average Bonchev–Trinajstić information content (AvgIpc) is 3.00. The highest BCUT2D eigenvalue weighted by Crippen LogP contribution is 2.24. The SMILES string of the molecule is NCCc1ccc(Br)cc1-n1cc(-c2ccccc2)cn1. The van der Waals surface area contributed by atoms with Crippen molar-refractivity contribution in [3.63, 3.8) is 0 Å². The lowest BCUT2D eigenvalue weighted by atomic mass is 10.1. The number of halogens is 1. The minimum atomic E-state index is 0.626. The second-order valence-corrected chi connectivity index (χ2v) is 5.77. The van der Waals surface area contributed by atoms with Crippen LogP contribution in [0, 0.1) is 0 Å². The van der Waals surface area contributed by atoms with Crippen LogP contribution in [0.25, 0.3) is 16.8 Å². The fraction of sp³-hybridized carbons (Fsp3) is 0.118. The lowest BCUT2D eigenvalue weighted by Crippen LogP contribution is -2.07. The van der Waals surface area contributed by atoms with Gasteiger partial charge in [-0.05, 0) is 36.2 Å². The first-order chi connectivity index (χ1) is 10.3. The van der Waals surface area contributed by atoms with Gasteiger partial charge in [-0.25, -0.2) is 4.68 Å². The van der Waals surface area contributed by atoms with Gasteiger partial charge < -0.3 is 5.73 Å². The molecule has 106 valence electrons. The van der Waals surface area contributed by atoms with Crippen molar-refractivity contribution in [2.75, 3.05) is 6.54 Å². The van der Waals surface area contributed by atoms with Crippen molar-refractivity contribution in [2.24, 2.45) is 5.73 Å². The van der Waals surface area contributed by atoms with Crippen LogP contribution in [-0.2, 0) is 6.42 Å². The molecular weight excluding hydrogens is 326 g/mol. The van der Waals surface area contributed by atoms with Crippen LogP contribution in [0.2, 0.25) is 0 Å². The van der Waals surface area contributed by atoms with Crippen molar-refractivity contribution in [3.8, 4) is 16.8 Å². The Labute approximate surface area is 132 Å². The summed E-state index contributed by atoms with van der Waals surface area (Å²) in [5.74, 6) is 0. The van der Waals surface area contributed by atoms with Crippen LogP contribution < -0.4 is 5.73 Å². The maximum absolute atomic E-state index is 5.70. The van der Waals surface area contributed by atoms with Crippen molar-refractivity contribution in [2.45, 2.75) is 6.42 Å². The molecule has 0 bridgehead atoms. The van der Waals surface area contributed by atoms with E-state index in [-0.39, 0.29) is 0 Å². The van der Waals surface area contributed by atoms with E-state index < -0.39 is 0 Å². The molecule has 4 heteroatoms. The summed E-state index contributed by atoms with van der Waals surface area (Å²) in [6, 6.07) is 16.5. The molecular formula is C17H16BrN3. The third kappa shape index (κ3) is 3.06. The molecule has 0 aliphatic carbocycles. The quantitative estimate of drug-likeness (QED) is 0.784. The van der Waals surface area contributed by atoms with E-state index in [1.165, 1.54) is 11.1 Å². The number of hydrogen-bond donors (Lipinski definition) is 1. The summed E-state index contributed by atoms with van der Waals surface area (Å²) in [4.78, 5) is 0. The molecule has 0 radical (unpaired) electrons. The molecule has 2 aromatic carbocycles. The molecule has 0 fully saturated rings. The molecule has 2 N–H and O–H groups in total. The van der Waals surface area contributed by atoms with Crippen LogP contribution in [0.1, 0.15) is 5.56 Å². The molecule has 0 unspecified atom stereocenters. The Balaban J connectivity index is 2.02. The van der Waals surface area contributed by atoms with Gasteiger partial charge in [0, 0.05) is 16.2 Å². The fourth-order valence-electron chi connectivity index (χ4n) is 2.35. The van der Waals surface area contributed by atoms with Crippen LogP contribution in [0.5, 0.6) is 0 Å². The maximum Gasteiger partial charge on any atom is 0.0689 e. The first kappa shape index (κ1) is 14.0. The molecule has 0 saturated carbocycles. The Morgan fingerprint density at radius 2 is 1.86 bits per heavy atom. The molecule has 21 heavy (non-hydrogen) atoms. The van der Waals surface area contributed by atoms with E-state index in [0.717, 1.165) is 22.1 Å². The molecule has 1 aromatic heterocycles. The average molecular weight is 342 g/mol. The van der Waals surface area contributed by atoms with Gasteiger partial charge in [0.15, 0.2) is 0 Å². The summed E-state index contributed by atoms with van der Waals surface area (Å²) in [6.07, 6.45) is 4.78. The molecule has 0 saturated heterocycles. The summed E-state index contributed by atoms with van der Waals surface area (Å²) in [5.41, 5.74) is 10.2. The van der Waals surface area contributed by atoms with E-state index in [1.807, 2.05) is 35.1 Å². The molecule has 1 heterocycles. The van der Waals surface area contributed by atoms with Gasteiger partial charge in [0.2, 0.25) is 0 Å². The zero-order valence-electron chi connectivity index (χ0n) is 11.5. The second-order valence-electron chi connectivity index (χ2n) is 4.85. The zero-order valence-corrected chi connectivity index (χ0v) is 13.1. The molecule has 3 aromatic rings. The summed E-state index contributed by atoms with van der Waals surface area (Å²) in [5, 5.41) is 4.50. The van der Waals surface area contributed by atoms with Gasteiger partial charge >= 0.3 is 0 Å². The Morgan fingerprint density at radius 1 is 1.05 bits per heavy atom. The lowest BCUT2D eigenvalue weighted by Gasteiger charge is -2.09. The van der Waals surface area contributed by atoms with Crippen molar-refractivity contribution in [3.05, 3.63) is 71.0 Å². The van der Waals surface area contributed by atoms with Gasteiger partial charge in [-0.1, -0.05) is 52.3 Å². The topological polar surface area (TPSA) is 43.8 Å². The Morgan fingerprint density at radius 3 is 2.62 bits per heavy atom. The highest BCUT2D eigenvalue weighted by Gasteiger charge is 2.08. The van der Waals surface area contributed by atoms with Gasteiger partial charge in [0.25, 0.3) is 0 Å². The van der Waals surface area contributed by atoms with E-state index in [0.29, 0.717) is 6.54 Å². The monoisotopic (exact) mass is 341 g/mol. The third-order valence-electron chi connectivity index (χ3n) is 3.40. The second kappa shape index (κ2) is 6.24. The van der Waals surface area contributed by atoms with Crippen molar-refractivity contribution < 1.29 is 0 Å². The Hall–Kier alpha value is -1.91. The molecule has 0 aliphatic heterocycles. The minimum absolute atomic E-state index is 0.626. The largest absolute Gasteiger partial charge is 0.330 e. The van der Waals surface area contributed by atoms with Crippen molar-refractivity contribution in [1.29, 1.82) is 0 Å². The predicted molar refractivity (Wildman–Crippen MR) is 89.5 cm³/mol. The Kier molecular flexibility index (Phi) is 4.18. The standard InChI is InChI=1S/C17H16BrN3/c18-16-7-6-14(8-9-19)17(10-16)21-12-15(11-20-21)13-4-2-1-3-5-13/h1-7,10-12H,8-9,19H2. The molecule has 0 aliphatic rings. The summed E-state index contributed by atoms with van der Waals surface area (Å²) in [7, 11) is 0. The lowest BCUT2D eigenvalue weighted by molar-refractivity contribution is 0.850. The first-order valence-electron chi connectivity index (χ1n) is 6.87. The maximum atomic E-state index is 5.70. The van der Waals surface area contributed by atoms with E-state index in [4.69, 9.17) is 5.73 Å². The van der Waals surface area contributed by atoms with Crippen LogP contribution in [0.3, 0.4) is 0 Å². The van der Waals surface area contributed by atoms with Gasteiger partial charge in [-0.3, -0.25) is 0 Å².